The number of nitrogens with zero attached hydrogens (tertiary/aromatic N) is 2. The average Bonchev–Trinajstić information content (AvgIpc) is 2.46. The standard InChI is InChI=1S/C15H18N2O2/c1-2-19-14-9-12(10-16-11-14)15(18)7-6-13-5-3-4-8-17-13/h3-5,8-11,15,18H,2,6-7H2,1H3. The molecule has 0 saturated carbocycles. The quantitative estimate of drug-likeness (QED) is 0.865. The molecule has 0 aliphatic heterocycles. The normalized spacial score (nSPS) is 12.1. The first-order chi connectivity index (χ1) is 9.29. The Morgan fingerprint density at radius 3 is 2.95 bits per heavy atom. The third-order valence-corrected chi connectivity index (χ3v) is 2.83. The molecule has 2 aromatic rings. The lowest BCUT2D eigenvalue weighted by molar-refractivity contribution is 0.166. The van der Waals surface area contributed by atoms with Gasteiger partial charge in [-0.3, -0.25) is 9.97 Å². The van der Waals surface area contributed by atoms with Gasteiger partial charge >= 0.3 is 0 Å². The highest BCUT2D eigenvalue weighted by Gasteiger charge is 2.09. The van der Waals surface area contributed by atoms with Crippen molar-refractivity contribution in [1.29, 1.82) is 0 Å². The fourth-order valence-electron chi connectivity index (χ4n) is 1.86. The number of ether oxygens (including phenoxy) is 1. The van der Waals surface area contributed by atoms with Crippen LogP contribution in [-0.4, -0.2) is 21.7 Å². The minimum absolute atomic E-state index is 0.546. The zero-order chi connectivity index (χ0) is 13.5. The van der Waals surface area contributed by atoms with E-state index in [4.69, 9.17) is 4.74 Å². The van der Waals surface area contributed by atoms with Crippen LogP contribution >= 0.6 is 0 Å². The van der Waals surface area contributed by atoms with Crippen LogP contribution < -0.4 is 4.74 Å². The molecule has 0 aliphatic carbocycles. The second-order valence-electron chi connectivity index (χ2n) is 4.26. The van der Waals surface area contributed by atoms with Crippen molar-refractivity contribution in [2.45, 2.75) is 25.9 Å². The zero-order valence-corrected chi connectivity index (χ0v) is 11.0. The Labute approximate surface area is 113 Å². The topological polar surface area (TPSA) is 55.2 Å². The highest BCUT2D eigenvalue weighted by Crippen LogP contribution is 2.21. The van der Waals surface area contributed by atoms with Gasteiger partial charge in [-0.05, 0) is 38.0 Å². The molecule has 4 heteroatoms. The monoisotopic (exact) mass is 258 g/mol. The minimum atomic E-state index is -0.546. The van der Waals surface area contributed by atoms with Gasteiger partial charge in [0.1, 0.15) is 5.75 Å². The summed E-state index contributed by atoms with van der Waals surface area (Å²) < 4.78 is 5.37. The van der Waals surface area contributed by atoms with Crippen molar-refractivity contribution in [2.75, 3.05) is 6.61 Å². The largest absolute Gasteiger partial charge is 0.492 e. The van der Waals surface area contributed by atoms with Gasteiger partial charge in [-0.2, -0.15) is 0 Å². The molecule has 19 heavy (non-hydrogen) atoms. The molecule has 2 heterocycles. The van der Waals surface area contributed by atoms with Gasteiger partial charge in [-0.15, -0.1) is 0 Å². The lowest BCUT2D eigenvalue weighted by Gasteiger charge is -2.11. The van der Waals surface area contributed by atoms with Gasteiger partial charge in [0.15, 0.2) is 0 Å². The first-order valence-electron chi connectivity index (χ1n) is 6.45. The molecule has 1 N–H and O–H groups in total. The Kier molecular flexibility index (Phi) is 4.86. The summed E-state index contributed by atoms with van der Waals surface area (Å²) in [6.45, 7) is 2.51. The molecule has 4 nitrogen and oxygen atoms in total. The fraction of sp³-hybridized carbons (Fsp3) is 0.333. The Bertz CT molecular complexity index is 503. The number of aliphatic hydroxyl groups is 1. The molecule has 0 amide bonds. The van der Waals surface area contributed by atoms with Crippen molar-refractivity contribution in [2.24, 2.45) is 0 Å². The van der Waals surface area contributed by atoms with E-state index in [-0.39, 0.29) is 0 Å². The van der Waals surface area contributed by atoms with Crippen molar-refractivity contribution in [3.8, 4) is 5.75 Å². The molecule has 2 aromatic heterocycles. The molecule has 0 saturated heterocycles. The Morgan fingerprint density at radius 2 is 2.21 bits per heavy atom. The van der Waals surface area contributed by atoms with Gasteiger partial charge in [0, 0.05) is 23.7 Å². The molecule has 100 valence electrons. The summed E-state index contributed by atoms with van der Waals surface area (Å²) in [4.78, 5) is 8.32. The van der Waals surface area contributed by atoms with E-state index >= 15 is 0 Å². The number of aliphatic hydroxyl groups excluding tert-OH is 1. The molecule has 1 unspecified atom stereocenters. The van der Waals surface area contributed by atoms with Crippen LogP contribution in [0.25, 0.3) is 0 Å². The van der Waals surface area contributed by atoms with Crippen LogP contribution in [-0.2, 0) is 6.42 Å². The Morgan fingerprint density at radius 1 is 1.32 bits per heavy atom. The van der Waals surface area contributed by atoms with E-state index in [1.54, 1.807) is 18.6 Å². The van der Waals surface area contributed by atoms with E-state index in [1.165, 1.54) is 0 Å². The van der Waals surface area contributed by atoms with Gasteiger partial charge < -0.3 is 9.84 Å². The number of aryl methyl sites for hydroxylation is 1. The van der Waals surface area contributed by atoms with E-state index in [9.17, 15) is 5.11 Å². The summed E-state index contributed by atoms with van der Waals surface area (Å²) in [7, 11) is 0. The smallest absolute Gasteiger partial charge is 0.137 e. The highest BCUT2D eigenvalue weighted by molar-refractivity contribution is 5.25. The van der Waals surface area contributed by atoms with Crippen molar-refractivity contribution < 1.29 is 9.84 Å². The second-order valence-corrected chi connectivity index (χ2v) is 4.26. The fourth-order valence-corrected chi connectivity index (χ4v) is 1.86. The van der Waals surface area contributed by atoms with E-state index in [2.05, 4.69) is 9.97 Å². The molecule has 0 radical (unpaired) electrons. The molecule has 2 rings (SSSR count). The predicted molar refractivity (Wildman–Crippen MR) is 72.9 cm³/mol. The van der Waals surface area contributed by atoms with Gasteiger partial charge in [0.25, 0.3) is 0 Å². The third kappa shape index (κ3) is 4.03. The Hall–Kier alpha value is -1.94. The lowest BCUT2D eigenvalue weighted by Crippen LogP contribution is -2.02. The predicted octanol–water partition coefficient (Wildman–Crippen LogP) is 2.54. The maximum absolute atomic E-state index is 10.2. The summed E-state index contributed by atoms with van der Waals surface area (Å²) in [5.74, 6) is 0.692. The lowest BCUT2D eigenvalue weighted by atomic mass is 10.1. The van der Waals surface area contributed by atoms with Crippen molar-refractivity contribution in [1.82, 2.24) is 9.97 Å². The molecular weight excluding hydrogens is 240 g/mol. The number of rotatable bonds is 6. The van der Waals surface area contributed by atoms with Gasteiger partial charge in [0.2, 0.25) is 0 Å². The first-order valence-corrected chi connectivity index (χ1v) is 6.45. The maximum Gasteiger partial charge on any atom is 0.137 e. The highest BCUT2D eigenvalue weighted by atomic mass is 16.5. The minimum Gasteiger partial charge on any atom is -0.492 e. The summed E-state index contributed by atoms with van der Waals surface area (Å²) >= 11 is 0. The van der Waals surface area contributed by atoms with Crippen molar-refractivity contribution in [3.05, 3.63) is 54.1 Å². The summed E-state index contributed by atoms with van der Waals surface area (Å²) in [5, 5.41) is 10.2. The van der Waals surface area contributed by atoms with E-state index < -0.39 is 6.10 Å². The summed E-state index contributed by atoms with van der Waals surface area (Å²) in [6.07, 6.45) is 5.90. The van der Waals surface area contributed by atoms with Crippen LogP contribution in [0, 0.1) is 0 Å². The van der Waals surface area contributed by atoms with Gasteiger partial charge in [-0.25, -0.2) is 0 Å². The summed E-state index contributed by atoms with van der Waals surface area (Å²) in [5.41, 5.74) is 1.76. The summed E-state index contributed by atoms with van der Waals surface area (Å²) in [6, 6.07) is 7.63. The number of pyridine rings is 2. The third-order valence-electron chi connectivity index (χ3n) is 2.83. The first kappa shape index (κ1) is 13.5. The zero-order valence-electron chi connectivity index (χ0n) is 11.0. The molecule has 0 aromatic carbocycles. The molecule has 0 fully saturated rings. The van der Waals surface area contributed by atoms with Crippen molar-refractivity contribution >= 4 is 0 Å². The number of aromatic nitrogens is 2. The van der Waals surface area contributed by atoms with Gasteiger partial charge in [0.05, 0.1) is 18.9 Å². The van der Waals surface area contributed by atoms with Crippen molar-refractivity contribution in [3.63, 3.8) is 0 Å². The van der Waals surface area contributed by atoms with Crippen LogP contribution in [0.15, 0.2) is 42.9 Å². The Balaban J connectivity index is 1.95. The molecule has 0 spiro atoms. The van der Waals surface area contributed by atoms with Gasteiger partial charge in [-0.1, -0.05) is 6.07 Å². The number of hydrogen-bond acceptors (Lipinski definition) is 4. The van der Waals surface area contributed by atoms with E-state index in [0.717, 1.165) is 17.7 Å². The molecule has 0 aliphatic rings. The average molecular weight is 258 g/mol. The van der Waals surface area contributed by atoms with Crippen LogP contribution in [0.1, 0.15) is 30.7 Å². The van der Waals surface area contributed by atoms with Crippen LogP contribution in [0.5, 0.6) is 5.75 Å². The SMILES string of the molecule is CCOc1cncc(C(O)CCc2ccccn2)c1. The molecule has 1 atom stereocenters. The van der Waals surface area contributed by atoms with Crippen LogP contribution in [0.3, 0.4) is 0 Å². The number of hydrogen-bond donors (Lipinski definition) is 1. The van der Waals surface area contributed by atoms with E-state index in [1.807, 2.05) is 31.2 Å². The van der Waals surface area contributed by atoms with Crippen LogP contribution in [0.4, 0.5) is 0 Å². The maximum atomic E-state index is 10.2. The second kappa shape index (κ2) is 6.85. The van der Waals surface area contributed by atoms with E-state index in [0.29, 0.717) is 18.8 Å². The molecular formula is C15H18N2O2. The van der Waals surface area contributed by atoms with Crippen LogP contribution in [0.2, 0.25) is 0 Å². The molecule has 0 bridgehead atoms.